The molecule has 10 nitrogen and oxygen atoms in total. The van der Waals surface area contributed by atoms with Crippen LogP contribution in [-0.4, -0.2) is 64.6 Å². The lowest BCUT2D eigenvalue weighted by Crippen LogP contribution is -2.55. The molecule has 0 radical (unpaired) electrons. The molecule has 0 bridgehead atoms. The summed E-state index contributed by atoms with van der Waals surface area (Å²) in [6, 6.07) is 8.05. The minimum Gasteiger partial charge on any atom is -0.493 e. The van der Waals surface area contributed by atoms with Crippen LogP contribution >= 0.6 is 11.6 Å². The Balaban J connectivity index is 1.41. The van der Waals surface area contributed by atoms with E-state index in [9.17, 15) is 24.0 Å². The molecule has 2 heterocycles. The topological polar surface area (TPSA) is 125 Å². The second-order valence-electron chi connectivity index (χ2n) is 15.7. The second kappa shape index (κ2) is 15.1. The molecule has 4 rings (SSSR count). The maximum absolute atomic E-state index is 13.7. The molecular formula is C39H53ClN4O6. The Hall–Kier alpha value is -3.92. The van der Waals surface area contributed by atoms with Crippen molar-refractivity contribution in [3.8, 4) is 5.75 Å². The van der Waals surface area contributed by atoms with Gasteiger partial charge in [0.25, 0.3) is 11.8 Å². The van der Waals surface area contributed by atoms with Gasteiger partial charge in [0.15, 0.2) is 11.8 Å². The zero-order valence-corrected chi connectivity index (χ0v) is 31.8. The van der Waals surface area contributed by atoms with E-state index < -0.39 is 41.1 Å². The van der Waals surface area contributed by atoms with Crippen LogP contribution in [0.4, 0.5) is 16.2 Å². The molecule has 2 aliphatic rings. The molecule has 0 spiro atoms. The van der Waals surface area contributed by atoms with Crippen molar-refractivity contribution in [3.63, 3.8) is 0 Å². The van der Waals surface area contributed by atoms with Gasteiger partial charge in [0, 0.05) is 29.6 Å². The number of carbonyl (C=O) groups is 5. The highest BCUT2D eigenvalue weighted by atomic mass is 35.5. The van der Waals surface area contributed by atoms with Crippen molar-refractivity contribution in [1.82, 2.24) is 9.80 Å². The predicted octanol–water partition coefficient (Wildman–Crippen LogP) is 7.86. The van der Waals surface area contributed by atoms with E-state index in [4.69, 9.17) is 16.3 Å². The number of halogens is 1. The molecule has 272 valence electrons. The van der Waals surface area contributed by atoms with Crippen LogP contribution in [-0.2, 0) is 30.0 Å². The fourth-order valence-corrected chi connectivity index (χ4v) is 6.35. The monoisotopic (exact) mass is 708 g/mol. The summed E-state index contributed by atoms with van der Waals surface area (Å²) in [5, 5.41) is 5.63. The highest BCUT2D eigenvalue weighted by Gasteiger charge is 2.54. The summed E-state index contributed by atoms with van der Waals surface area (Å²) >= 11 is 6.42. The molecule has 50 heavy (non-hydrogen) atoms. The van der Waals surface area contributed by atoms with Crippen molar-refractivity contribution in [2.75, 3.05) is 23.8 Å². The van der Waals surface area contributed by atoms with Gasteiger partial charge in [-0.2, -0.15) is 0 Å². The fraction of sp³-hybridized carbons (Fsp3) is 0.564. The Bertz CT molecular complexity index is 1620. The van der Waals surface area contributed by atoms with Gasteiger partial charge in [-0.15, -0.1) is 0 Å². The average molecular weight is 709 g/mol. The van der Waals surface area contributed by atoms with E-state index in [0.29, 0.717) is 38.1 Å². The Labute approximate surface area is 301 Å². The van der Waals surface area contributed by atoms with Crippen LogP contribution in [0.3, 0.4) is 0 Å². The van der Waals surface area contributed by atoms with Crippen molar-refractivity contribution in [2.24, 2.45) is 5.41 Å². The minimum absolute atomic E-state index is 0.0502. The van der Waals surface area contributed by atoms with E-state index in [1.165, 1.54) is 22.6 Å². The van der Waals surface area contributed by atoms with Crippen LogP contribution in [0.5, 0.6) is 5.75 Å². The zero-order chi connectivity index (χ0) is 37.2. The lowest BCUT2D eigenvalue weighted by atomic mass is 9.76. The number of fused-ring (bicyclic) bond motifs is 1. The molecule has 2 saturated heterocycles. The van der Waals surface area contributed by atoms with Crippen LogP contribution in [0.2, 0.25) is 5.02 Å². The molecule has 2 atom stereocenters. The number of nitrogens with one attached hydrogen (secondary N) is 2. The molecule has 11 heteroatoms. The maximum atomic E-state index is 13.7. The third-order valence-corrected chi connectivity index (χ3v) is 10.6. The van der Waals surface area contributed by atoms with Crippen molar-refractivity contribution >= 4 is 52.5 Å². The van der Waals surface area contributed by atoms with E-state index in [0.717, 1.165) is 29.1 Å². The number of imide groups is 1. The molecule has 5 amide bonds. The maximum Gasteiger partial charge on any atom is 0.328 e. The first-order valence-corrected chi connectivity index (χ1v) is 18.1. The van der Waals surface area contributed by atoms with Gasteiger partial charge in [-0.1, -0.05) is 86.0 Å². The number of ketones is 1. The molecule has 0 saturated carbocycles. The molecular weight excluding hydrogens is 656 g/mol. The number of rotatable bonds is 14. The van der Waals surface area contributed by atoms with Crippen molar-refractivity contribution in [3.05, 3.63) is 52.5 Å². The van der Waals surface area contributed by atoms with Gasteiger partial charge < -0.3 is 20.3 Å². The van der Waals surface area contributed by atoms with Gasteiger partial charge in [-0.25, -0.2) is 9.69 Å². The van der Waals surface area contributed by atoms with E-state index in [-0.39, 0.29) is 33.9 Å². The molecule has 2 aromatic carbocycles. The van der Waals surface area contributed by atoms with Crippen molar-refractivity contribution in [1.29, 1.82) is 0 Å². The first-order chi connectivity index (χ1) is 23.3. The Kier molecular flexibility index (Phi) is 11.8. The molecule has 2 unspecified atom stereocenters. The average Bonchev–Trinajstić information content (AvgIpc) is 3.63. The van der Waals surface area contributed by atoms with Gasteiger partial charge in [0.05, 0.1) is 17.3 Å². The quantitative estimate of drug-likeness (QED) is 0.117. The van der Waals surface area contributed by atoms with Crippen molar-refractivity contribution in [2.45, 2.75) is 124 Å². The number of anilines is 2. The number of ether oxygens (including phenoxy) is 1. The predicted molar refractivity (Wildman–Crippen MR) is 197 cm³/mol. The minimum atomic E-state index is -1.67. The van der Waals surface area contributed by atoms with Gasteiger partial charge >= 0.3 is 6.03 Å². The third kappa shape index (κ3) is 8.33. The normalized spacial score (nSPS) is 17.1. The van der Waals surface area contributed by atoms with E-state index in [1.807, 2.05) is 6.07 Å². The molecule has 2 aromatic rings. The summed E-state index contributed by atoms with van der Waals surface area (Å²) in [4.78, 5) is 68.8. The number of hydrogen-bond acceptors (Lipinski definition) is 6. The van der Waals surface area contributed by atoms with Gasteiger partial charge in [-0.05, 0) is 72.8 Å². The summed E-state index contributed by atoms with van der Waals surface area (Å²) in [5.41, 5.74) is 1.89. The Morgan fingerprint density at radius 1 is 0.940 bits per heavy atom. The second-order valence-corrected chi connectivity index (χ2v) is 16.1. The first kappa shape index (κ1) is 38.9. The number of hydrogen-bond donors (Lipinski definition) is 2. The Morgan fingerprint density at radius 3 is 2.24 bits per heavy atom. The highest BCUT2D eigenvalue weighted by molar-refractivity contribution is 6.34. The summed E-state index contributed by atoms with van der Waals surface area (Å²) in [6.45, 7) is 18.9. The van der Waals surface area contributed by atoms with E-state index in [2.05, 4.69) is 64.3 Å². The smallest absolute Gasteiger partial charge is 0.328 e. The molecule has 2 N–H and O–H groups in total. The van der Waals surface area contributed by atoms with E-state index >= 15 is 0 Å². The lowest BCUT2D eigenvalue weighted by molar-refractivity contribution is -0.143. The lowest BCUT2D eigenvalue weighted by Gasteiger charge is -2.30. The standard InChI is InChI=1S/C39H53ClN4O6/c1-10-38(6,7)24-16-19-30(26(22-24)39(8,9)11-2)50-21-13-15-31(45)41-25-17-18-27(40)28(23-25)42-34(47)32(33(46)37(3,4)5)44-35(48)29-14-12-20-43(29)36(44)49/h16-19,22-23,29,32H,10-15,20-21H2,1-9H3,(H,41,45)(H,42,47). The van der Waals surface area contributed by atoms with Crippen LogP contribution in [0.1, 0.15) is 112 Å². The molecule has 0 aromatic heterocycles. The van der Waals surface area contributed by atoms with Crippen LogP contribution in [0.15, 0.2) is 36.4 Å². The SMILES string of the molecule is CCC(C)(C)c1ccc(OCCCC(=O)Nc2ccc(Cl)c(NC(=O)C(C(=O)C(C)(C)C)N3C(=O)C4CCCN4C3=O)c2)c(C(C)(C)CC)c1. The highest BCUT2D eigenvalue weighted by Crippen LogP contribution is 2.39. The van der Waals surface area contributed by atoms with Gasteiger partial charge in [-0.3, -0.25) is 19.2 Å². The number of benzene rings is 2. The van der Waals surface area contributed by atoms with Crippen LogP contribution < -0.4 is 15.4 Å². The van der Waals surface area contributed by atoms with Gasteiger partial charge in [0.2, 0.25) is 5.91 Å². The van der Waals surface area contributed by atoms with Crippen LogP contribution in [0.25, 0.3) is 0 Å². The molecule has 2 aliphatic heterocycles. The summed E-state index contributed by atoms with van der Waals surface area (Å²) in [5.74, 6) is -1.41. The zero-order valence-electron chi connectivity index (χ0n) is 31.0. The summed E-state index contributed by atoms with van der Waals surface area (Å²) in [6.07, 6.45) is 3.81. The summed E-state index contributed by atoms with van der Waals surface area (Å²) in [7, 11) is 0. The number of amides is 5. The summed E-state index contributed by atoms with van der Waals surface area (Å²) < 4.78 is 6.23. The number of urea groups is 1. The molecule has 2 fully saturated rings. The number of nitrogens with zero attached hydrogens (tertiary/aromatic N) is 2. The van der Waals surface area contributed by atoms with E-state index in [1.54, 1.807) is 26.8 Å². The van der Waals surface area contributed by atoms with Gasteiger partial charge in [0.1, 0.15) is 11.8 Å². The van der Waals surface area contributed by atoms with Crippen molar-refractivity contribution < 1.29 is 28.7 Å². The number of Topliss-reactive ketones (excluding diaryl/α,β-unsaturated/α-hetero) is 1. The van der Waals surface area contributed by atoms with Crippen LogP contribution in [0, 0.1) is 5.41 Å². The first-order valence-electron chi connectivity index (χ1n) is 17.7. The fourth-order valence-electron chi connectivity index (χ4n) is 6.19. The molecule has 0 aliphatic carbocycles. The number of carbonyl (C=O) groups excluding carboxylic acids is 5. The largest absolute Gasteiger partial charge is 0.493 e. The Morgan fingerprint density at radius 2 is 1.62 bits per heavy atom. The third-order valence-electron chi connectivity index (χ3n) is 10.3.